The number of hydrogen-bond acceptors (Lipinski definition) is 4. The fraction of sp³-hybridized carbons (Fsp3) is 0.0500. The van der Waals surface area contributed by atoms with Gasteiger partial charge < -0.3 is 5.32 Å². The first kappa shape index (κ1) is 15.5. The molecule has 2 aromatic carbocycles. The number of fused-ring (bicyclic) bond motifs is 1. The Balaban J connectivity index is 1.56. The average molecular weight is 345 g/mol. The number of rotatable bonds is 4. The van der Waals surface area contributed by atoms with Crippen molar-refractivity contribution in [3.05, 3.63) is 77.8 Å². The molecule has 4 aromatic rings. The largest absolute Gasteiger partial charge is 0.326 e. The molecule has 122 valence electrons. The lowest BCUT2D eigenvalue weighted by molar-refractivity contribution is -0.115. The summed E-state index contributed by atoms with van der Waals surface area (Å²) in [4.78, 5) is 22.4. The Kier molecular flexibility index (Phi) is 4.23. The molecule has 2 heterocycles. The van der Waals surface area contributed by atoms with Crippen molar-refractivity contribution in [2.24, 2.45) is 0 Å². The number of carbonyl (C=O) groups is 1. The van der Waals surface area contributed by atoms with Crippen molar-refractivity contribution >= 4 is 34.0 Å². The van der Waals surface area contributed by atoms with Crippen LogP contribution in [0.5, 0.6) is 0 Å². The molecule has 0 aliphatic carbocycles. The van der Waals surface area contributed by atoms with Gasteiger partial charge in [-0.25, -0.2) is 4.98 Å². The Hall–Kier alpha value is -3.05. The van der Waals surface area contributed by atoms with Gasteiger partial charge in [0.1, 0.15) is 0 Å². The zero-order valence-corrected chi connectivity index (χ0v) is 14.2. The third-order valence-corrected chi connectivity index (χ3v) is 4.70. The minimum atomic E-state index is -0.0482. The van der Waals surface area contributed by atoms with Crippen molar-refractivity contribution in [1.29, 1.82) is 0 Å². The lowest BCUT2D eigenvalue weighted by Crippen LogP contribution is -2.14. The fourth-order valence-electron chi connectivity index (χ4n) is 2.62. The number of amides is 1. The molecule has 4 rings (SSSR count). The molecule has 1 N–H and O–H groups in total. The number of anilines is 1. The van der Waals surface area contributed by atoms with E-state index in [2.05, 4.69) is 15.3 Å². The summed E-state index contributed by atoms with van der Waals surface area (Å²) in [7, 11) is 0. The highest BCUT2D eigenvalue weighted by Gasteiger charge is 2.07. The van der Waals surface area contributed by atoms with Crippen molar-refractivity contribution in [1.82, 2.24) is 9.97 Å². The molecule has 0 bridgehead atoms. The van der Waals surface area contributed by atoms with E-state index in [1.807, 2.05) is 66.0 Å². The molecule has 0 unspecified atom stereocenters. The lowest BCUT2D eigenvalue weighted by atomic mass is 10.1. The van der Waals surface area contributed by atoms with E-state index in [0.717, 1.165) is 32.9 Å². The standard InChI is InChI=1S/C20H15N3OS/c24-20(11-14-5-2-1-3-6-14)22-15-8-9-16-17(12-15)23-18(13-21-16)19-7-4-10-25-19/h1-10,12-13H,11H2,(H,22,24). The molecular weight excluding hydrogens is 330 g/mol. The van der Waals surface area contributed by atoms with Gasteiger partial charge in [-0.2, -0.15) is 0 Å². The second kappa shape index (κ2) is 6.83. The maximum absolute atomic E-state index is 12.2. The molecule has 0 saturated carbocycles. The van der Waals surface area contributed by atoms with Crippen molar-refractivity contribution < 1.29 is 4.79 Å². The number of carbonyl (C=O) groups excluding carboxylic acids is 1. The molecule has 1 amide bonds. The van der Waals surface area contributed by atoms with Gasteiger partial charge in [0.2, 0.25) is 5.91 Å². The van der Waals surface area contributed by atoms with Gasteiger partial charge in [0, 0.05) is 5.69 Å². The first-order valence-corrected chi connectivity index (χ1v) is 8.80. The maximum atomic E-state index is 12.2. The molecule has 0 fully saturated rings. The summed E-state index contributed by atoms with van der Waals surface area (Å²) < 4.78 is 0. The van der Waals surface area contributed by atoms with Gasteiger partial charge in [-0.3, -0.25) is 9.78 Å². The number of nitrogens with one attached hydrogen (secondary N) is 1. The highest BCUT2D eigenvalue weighted by atomic mass is 32.1. The number of benzene rings is 2. The van der Waals surface area contributed by atoms with Gasteiger partial charge in [-0.1, -0.05) is 36.4 Å². The van der Waals surface area contributed by atoms with Gasteiger partial charge in [-0.05, 0) is 35.2 Å². The van der Waals surface area contributed by atoms with E-state index in [4.69, 9.17) is 0 Å². The molecule has 4 nitrogen and oxygen atoms in total. The predicted molar refractivity (Wildman–Crippen MR) is 102 cm³/mol. The topological polar surface area (TPSA) is 54.9 Å². The third kappa shape index (κ3) is 3.56. The van der Waals surface area contributed by atoms with Crippen LogP contribution >= 0.6 is 11.3 Å². The molecule has 0 spiro atoms. The minimum absolute atomic E-state index is 0.0482. The Morgan fingerprint density at radius 1 is 1.00 bits per heavy atom. The Bertz CT molecular complexity index is 1010. The van der Waals surface area contributed by atoms with Crippen molar-refractivity contribution in [2.75, 3.05) is 5.32 Å². The van der Waals surface area contributed by atoms with Gasteiger partial charge >= 0.3 is 0 Å². The molecule has 0 aliphatic heterocycles. The smallest absolute Gasteiger partial charge is 0.228 e. The number of nitrogens with zero attached hydrogens (tertiary/aromatic N) is 2. The fourth-order valence-corrected chi connectivity index (χ4v) is 3.30. The normalized spacial score (nSPS) is 10.7. The van der Waals surface area contributed by atoms with Crippen LogP contribution in [0.15, 0.2) is 72.2 Å². The summed E-state index contributed by atoms with van der Waals surface area (Å²) in [6.45, 7) is 0. The summed E-state index contributed by atoms with van der Waals surface area (Å²) >= 11 is 1.63. The number of hydrogen-bond donors (Lipinski definition) is 1. The summed E-state index contributed by atoms with van der Waals surface area (Å²) in [5, 5.41) is 4.95. The zero-order valence-electron chi connectivity index (χ0n) is 13.3. The Labute approximate surface area is 149 Å². The molecule has 25 heavy (non-hydrogen) atoms. The highest BCUT2D eigenvalue weighted by Crippen LogP contribution is 2.24. The van der Waals surface area contributed by atoms with Crippen LogP contribution in [-0.4, -0.2) is 15.9 Å². The Morgan fingerprint density at radius 3 is 2.68 bits per heavy atom. The maximum Gasteiger partial charge on any atom is 0.228 e. The molecular formula is C20H15N3OS. The molecule has 0 radical (unpaired) electrons. The van der Waals surface area contributed by atoms with Crippen LogP contribution in [0.1, 0.15) is 5.56 Å². The van der Waals surface area contributed by atoms with Crippen LogP contribution < -0.4 is 5.32 Å². The second-order valence-electron chi connectivity index (χ2n) is 5.65. The number of aromatic nitrogens is 2. The van der Waals surface area contributed by atoms with Crippen LogP contribution in [-0.2, 0) is 11.2 Å². The quantitative estimate of drug-likeness (QED) is 0.591. The van der Waals surface area contributed by atoms with Crippen LogP contribution in [0.25, 0.3) is 21.6 Å². The average Bonchev–Trinajstić information content (AvgIpc) is 3.16. The highest BCUT2D eigenvalue weighted by molar-refractivity contribution is 7.13. The van der Waals surface area contributed by atoms with Crippen LogP contribution in [0.3, 0.4) is 0 Å². The van der Waals surface area contributed by atoms with Crippen molar-refractivity contribution in [2.45, 2.75) is 6.42 Å². The van der Waals surface area contributed by atoms with E-state index in [-0.39, 0.29) is 5.91 Å². The predicted octanol–water partition coefficient (Wildman–Crippen LogP) is 4.54. The molecule has 0 aliphatic rings. The van der Waals surface area contributed by atoms with E-state index in [1.54, 1.807) is 17.5 Å². The van der Waals surface area contributed by atoms with E-state index in [1.165, 1.54) is 0 Å². The molecule has 2 aromatic heterocycles. The van der Waals surface area contributed by atoms with E-state index in [0.29, 0.717) is 6.42 Å². The first-order chi connectivity index (χ1) is 12.3. The lowest BCUT2D eigenvalue weighted by Gasteiger charge is -2.07. The van der Waals surface area contributed by atoms with Gasteiger partial charge in [0.05, 0.1) is 34.2 Å². The third-order valence-electron chi connectivity index (χ3n) is 3.81. The van der Waals surface area contributed by atoms with E-state index < -0.39 is 0 Å². The van der Waals surface area contributed by atoms with Gasteiger partial charge in [-0.15, -0.1) is 11.3 Å². The van der Waals surface area contributed by atoms with Crippen LogP contribution in [0.2, 0.25) is 0 Å². The first-order valence-electron chi connectivity index (χ1n) is 7.92. The van der Waals surface area contributed by atoms with Crippen LogP contribution in [0.4, 0.5) is 5.69 Å². The monoisotopic (exact) mass is 345 g/mol. The summed E-state index contributed by atoms with van der Waals surface area (Å²) in [5.41, 5.74) is 4.13. The minimum Gasteiger partial charge on any atom is -0.326 e. The second-order valence-corrected chi connectivity index (χ2v) is 6.59. The zero-order chi connectivity index (χ0) is 17.1. The molecule has 0 saturated heterocycles. The van der Waals surface area contributed by atoms with Crippen molar-refractivity contribution in [3.8, 4) is 10.6 Å². The molecule has 0 atom stereocenters. The van der Waals surface area contributed by atoms with Gasteiger partial charge in [0.25, 0.3) is 0 Å². The van der Waals surface area contributed by atoms with E-state index >= 15 is 0 Å². The molecule has 5 heteroatoms. The van der Waals surface area contributed by atoms with Gasteiger partial charge in [0.15, 0.2) is 0 Å². The Morgan fingerprint density at radius 2 is 1.88 bits per heavy atom. The van der Waals surface area contributed by atoms with Crippen LogP contribution in [0, 0.1) is 0 Å². The SMILES string of the molecule is O=C(Cc1ccccc1)Nc1ccc2ncc(-c3cccs3)nc2c1. The summed E-state index contributed by atoms with van der Waals surface area (Å²) in [6.07, 6.45) is 2.13. The summed E-state index contributed by atoms with van der Waals surface area (Å²) in [5.74, 6) is -0.0482. The van der Waals surface area contributed by atoms with Crippen molar-refractivity contribution in [3.63, 3.8) is 0 Å². The number of thiophene rings is 1. The van der Waals surface area contributed by atoms with E-state index in [9.17, 15) is 4.79 Å². The summed E-state index contributed by atoms with van der Waals surface area (Å²) in [6, 6.07) is 19.3.